The Balaban J connectivity index is 1.80. The van der Waals surface area contributed by atoms with Gasteiger partial charge in [0.1, 0.15) is 0 Å². The molecule has 1 amide bonds. The SMILES string of the molecule is CCCSc1nnc(NC(=O)c2nn(-c3ccccc3)ccc2=O)s1. The number of carbonyl (C=O) groups excluding carboxylic acids is 1. The lowest BCUT2D eigenvalue weighted by molar-refractivity contribution is 0.101. The second kappa shape index (κ2) is 8.04. The molecule has 3 aromatic rings. The quantitative estimate of drug-likeness (QED) is 0.528. The van der Waals surface area contributed by atoms with Gasteiger partial charge < -0.3 is 0 Å². The predicted octanol–water partition coefficient (Wildman–Crippen LogP) is 2.84. The lowest BCUT2D eigenvalue weighted by atomic mass is 10.3. The fourth-order valence-corrected chi connectivity index (χ4v) is 3.63. The number of aromatic nitrogens is 4. The van der Waals surface area contributed by atoms with Crippen molar-refractivity contribution in [2.45, 2.75) is 17.7 Å². The van der Waals surface area contributed by atoms with Crippen LogP contribution in [-0.2, 0) is 0 Å². The molecule has 9 heteroatoms. The highest BCUT2D eigenvalue weighted by Crippen LogP contribution is 2.25. The van der Waals surface area contributed by atoms with Crippen LogP contribution in [-0.4, -0.2) is 31.6 Å². The highest BCUT2D eigenvalue weighted by atomic mass is 32.2. The molecule has 2 heterocycles. The number of benzene rings is 1. The average molecular weight is 373 g/mol. The molecule has 0 aliphatic rings. The number of carbonyl (C=O) groups is 1. The van der Waals surface area contributed by atoms with Gasteiger partial charge in [0, 0.05) is 18.0 Å². The van der Waals surface area contributed by atoms with Gasteiger partial charge in [-0.15, -0.1) is 10.2 Å². The molecule has 0 radical (unpaired) electrons. The van der Waals surface area contributed by atoms with Gasteiger partial charge in [-0.05, 0) is 18.6 Å². The van der Waals surface area contributed by atoms with Gasteiger partial charge >= 0.3 is 0 Å². The van der Waals surface area contributed by atoms with Crippen LogP contribution in [0.3, 0.4) is 0 Å². The maximum atomic E-state index is 12.4. The molecule has 1 aromatic carbocycles. The van der Waals surface area contributed by atoms with Crippen molar-refractivity contribution in [2.75, 3.05) is 11.1 Å². The predicted molar refractivity (Wildman–Crippen MR) is 98.7 cm³/mol. The molecule has 0 aliphatic heterocycles. The lowest BCUT2D eigenvalue weighted by Gasteiger charge is -2.06. The van der Waals surface area contributed by atoms with E-state index in [9.17, 15) is 9.59 Å². The van der Waals surface area contributed by atoms with Crippen LogP contribution >= 0.6 is 23.1 Å². The van der Waals surface area contributed by atoms with E-state index >= 15 is 0 Å². The molecule has 0 fully saturated rings. The topological polar surface area (TPSA) is 89.8 Å². The minimum Gasteiger partial charge on any atom is -0.295 e. The first kappa shape index (κ1) is 17.3. The van der Waals surface area contributed by atoms with Crippen molar-refractivity contribution in [1.82, 2.24) is 20.0 Å². The molecule has 0 bridgehead atoms. The molecule has 0 saturated carbocycles. The summed E-state index contributed by atoms with van der Waals surface area (Å²) in [5.74, 6) is 0.336. The second-order valence-corrected chi connectivity index (χ2v) is 7.30. The fourth-order valence-electron chi connectivity index (χ4n) is 1.95. The molecule has 0 spiro atoms. The first-order valence-corrected chi connectivity index (χ1v) is 9.40. The largest absolute Gasteiger partial charge is 0.295 e. The Bertz CT molecular complexity index is 924. The zero-order valence-electron chi connectivity index (χ0n) is 13.4. The summed E-state index contributed by atoms with van der Waals surface area (Å²) < 4.78 is 2.26. The van der Waals surface area contributed by atoms with Crippen LogP contribution in [0.25, 0.3) is 5.69 Å². The summed E-state index contributed by atoms with van der Waals surface area (Å²) in [6.45, 7) is 2.08. The Hall–Kier alpha value is -2.52. The van der Waals surface area contributed by atoms with Gasteiger partial charge in [0.2, 0.25) is 10.6 Å². The van der Waals surface area contributed by atoms with E-state index < -0.39 is 11.3 Å². The van der Waals surface area contributed by atoms with Gasteiger partial charge in [0.05, 0.1) is 5.69 Å². The minimum atomic E-state index is -0.599. The van der Waals surface area contributed by atoms with E-state index in [-0.39, 0.29) is 5.69 Å². The highest BCUT2D eigenvalue weighted by Gasteiger charge is 2.16. The summed E-state index contributed by atoms with van der Waals surface area (Å²) >= 11 is 2.85. The van der Waals surface area contributed by atoms with Crippen molar-refractivity contribution < 1.29 is 4.79 Å². The Labute approximate surface area is 152 Å². The third kappa shape index (κ3) is 4.31. The molecule has 128 valence electrons. The number of nitrogens with zero attached hydrogens (tertiary/aromatic N) is 4. The molecule has 3 rings (SSSR count). The summed E-state index contributed by atoms with van der Waals surface area (Å²) in [6, 6.07) is 10.6. The molecule has 7 nitrogen and oxygen atoms in total. The summed E-state index contributed by atoms with van der Waals surface area (Å²) in [6.07, 6.45) is 2.55. The number of thioether (sulfide) groups is 1. The van der Waals surface area contributed by atoms with Crippen molar-refractivity contribution in [3.63, 3.8) is 0 Å². The van der Waals surface area contributed by atoms with Crippen LogP contribution in [0.1, 0.15) is 23.8 Å². The van der Waals surface area contributed by atoms with Crippen LogP contribution in [0.2, 0.25) is 0 Å². The molecule has 0 atom stereocenters. The van der Waals surface area contributed by atoms with Gasteiger partial charge in [-0.2, -0.15) is 5.10 Å². The van der Waals surface area contributed by atoms with E-state index in [0.717, 1.165) is 22.2 Å². The number of amides is 1. The maximum absolute atomic E-state index is 12.4. The zero-order valence-corrected chi connectivity index (χ0v) is 15.0. The molecule has 0 unspecified atom stereocenters. The van der Waals surface area contributed by atoms with Crippen molar-refractivity contribution in [2.24, 2.45) is 0 Å². The van der Waals surface area contributed by atoms with Gasteiger partial charge in [-0.3, -0.25) is 14.9 Å². The van der Waals surface area contributed by atoms with Crippen LogP contribution in [0.15, 0.2) is 51.7 Å². The molecular formula is C16H15N5O2S2. The van der Waals surface area contributed by atoms with Crippen molar-refractivity contribution in [3.05, 3.63) is 58.5 Å². The van der Waals surface area contributed by atoms with E-state index in [1.165, 1.54) is 28.3 Å². The molecule has 25 heavy (non-hydrogen) atoms. The van der Waals surface area contributed by atoms with Gasteiger partial charge in [-0.1, -0.05) is 48.2 Å². The smallest absolute Gasteiger partial charge is 0.282 e. The third-order valence-electron chi connectivity index (χ3n) is 3.10. The highest BCUT2D eigenvalue weighted by molar-refractivity contribution is 8.01. The van der Waals surface area contributed by atoms with E-state index in [1.807, 2.05) is 30.3 Å². The Kier molecular flexibility index (Phi) is 5.56. The monoisotopic (exact) mass is 373 g/mol. The van der Waals surface area contributed by atoms with E-state index in [2.05, 4.69) is 27.5 Å². The van der Waals surface area contributed by atoms with E-state index in [0.29, 0.717) is 5.13 Å². The Morgan fingerprint density at radius 1 is 1.24 bits per heavy atom. The minimum absolute atomic E-state index is 0.190. The van der Waals surface area contributed by atoms with Crippen molar-refractivity contribution in [3.8, 4) is 5.69 Å². The molecule has 0 aliphatic carbocycles. The summed E-state index contributed by atoms with van der Waals surface area (Å²) in [5, 5.41) is 15.0. The third-order valence-corrected chi connectivity index (χ3v) is 5.28. The van der Waals surface area contributed by atoms with Crippen molar-refractivity contribution >= 4 is 34.1 Å². The fraction of sp³-hybridized carbons (Fsp3) is 0.188. The normalized spacial score (nSPS) is 10.6. The standard InChI is InChI=1S/C16H15N5O2S2/c1-2-10-24-16-19-18-15(25-16)17-14(23)13-12(22)8-9-21(20-13)11-6-4-3-5-7-11/h3-9H,2,10H2,1H3,(H,17,18,23). The number of hydrogen-bond acceptors (Lipinski definition) is 7. The number of anilines is 1. The number of nitrogens with one attached hydrogen (secondary N) is 1. The molecular weight excluding hydrogens is 358 g/mol. The first-order chi connectivity index (χ1) is 12.2. The van der Waals surface area contributed by atoms with Crippen LogP contribution in [0.5, 0.6) is 0 Å². The van der Waals surface area contributed by atoms with Crippen LogP contribution < -0.4 is 10.7 Å². The zero-order chi connectivity index (χ0) is 17.6. The number of hydrogen-bond donors (Lipinski definition) is 1. The van der Waals surface area contributed by atoms with Crippen molar-refractivity contribution in [1.29, 1.82) is 0 Å². The van der Waals surface area contributed by atoms with Gasteiger partial charge in [0.15, 0.2) is 10.0 Å². The van der Waals surface area contributed by atoms with E-state index in [4.69, 9.17) is 0 Å². The Morgan fingerprint density at radius 3 is 2.80 bits per heavy atom. The van der Waals surface area contributed by atoms with Crippen LogP contribution in [0, 0.1) is 0 Å². The number of rotatable bonds is 6. The average Bonchev–Trinajstić information content (AvgIpc) is 3.08. The lowest BCUT2D eigenvalue weighted by Crippen LogP contribution is -2.25. The summed E-state index contributed by atoms with van der Waals surface area (Å²) in [5.41, 5.74) is 0.116. The summed E-state index contributed by atoms with van der Waals surface area (Å²) in [4.78, 5) is 24.4. The Morgan fingerprint density at radius 2 is 2.04 bits per heavy atom. The first-order valence-electron chi connectivity index (χ1n) is 7.60. The molecule has 2 aromatic heterocycles. The molecule has 0 saturated heterocycles. The number of para-hydroxylation sites is 1. The van der Waals surface area contributed by atoms with Gasteiger partial charge in [-0.25, -0.2) is 4.68 Å². The maximum Gasteiger partial charge on any atom is 0.282 e. The van der Waals surface area contributed by atoms with Gasteiger partial charge in [0.25, 0.3) is 5.91 Å². The van der Waals surface area contributed by atoms with Crippen LogP contribution in [0.4, 0.5) is 5.13 Å². The van der Waals surface area contributed by atoms with E-state index in [1.54, 1.807) is 11.8 Å². The molecule has 1 N–H and O–H groups in total. The summed E-state index contributed by atoms with van der Waals surface area (Å²) in [7, 11) is 0. The second-order valence-electron chi connectivity index (χ2n) is 4.98.